The molecule has 3 nitrogen and oxygen atoms in total. The van der Waals surface area contributed by atoms with E-state index in [1.54, 1.807) is 19.1 Å². The molecular formula is C13H17ClO3. The third-order valence-corrected chi connectivity index (χ3v) is 2.27. The quantitative estimate of drug-likeness (QED) is 0.454. The van der Waals surface area contributed by atoms with Crippen LogP contribution in [0.3, 0.4) is 0 Å². The summed E-state index contributed by atoms with van der Waals surface area (Å²) >= 11 is 5.50. The predicted molar refractivity (Wildman–Crippen MR) is 67.6 cm³/mol. The van der Waals surface area contributed by atoms with Gasteiger partial charge < -0.3 is 9.47 Å². The summed E-state index contributed by atoms with van der Waals surface area (Å²) < 4.78 is 9.60. The fraction of sp³-hybridized carbons (Fsp3) is 0.462. The minimum Gasteiger partial charge on any atom is -0.415 e. The van der Waals surface area contributed by atoms with Crippen molar-refractivity contribution in [3.8, 4) is 5.75 Å². The Morgan fingerprint density at radius 1 is 1.24 bits per heavy atom. The van der Waals surface area contributed by atoms with Gasteiger partial charge in [0.25, 0.3) is 0 Å². The van der Waals surface area contributed by atoms with Gasteiger partial charge in [0.2, 0.25) is 0 Å². The molecule has 0 aliphatic carbocycles. The molecule has 1 rings (SSSR count). The maximum Gasteiger partial charge on any atom is 0.515 e. The van der Waals surface area contributed by atoms with Crippen LogP contribution >= 0.6 is 11.6 Å². The molecule has 1 aromatic carbocycles. The van der Waals surface area contributed by atoms with Crippen LogP contribution in [0.5, 0.6) is 5.75 Å². The van der Waals surface area contributed by atoms with E-state index < -0.39 is 11.7 Å². The Balaban J connectivity index is 2.66. The number of carbonyl (C=O) groups is 1. The Morgan fingerprint density at radius 2 is 1.76 bits per heavy atom. The third kappa shape index (κ3) is 4.65. The molecule has 0 aromatic heterocycles. The number of hydrogen-bond acceptors (Lipinski definition) is 3. The van der Waals surface area contributed by atoms with Gasteiger partial charge in [0.05, 0.1) is 0 Å². The molecular weight excluding hydrogens is 240 g/mol. The molecule has 0 saturated heterocycles. The lowest BCUT2D eigenvalue weighted by atomic mass is 9.87. The first kappa shape index (κ1) is 13.8. The summed E-state index contributed by atoms with van der Waals surface area (Å²) in [5, 5.41) is 0. The third-order valence-electron chi connectivity index (χ3n) is 2.18. The summed E-state index contributed by atoms with van der Waals surface area (Å²) in [7, 11) is 0. The molecule has 0 spiro atoms. The van der Waals surface area contributed by atoms with Crippen LogP contribution < -0.4 is 4.74 Å². The van der Waals surface area contributed by atoms with Crippen LogP contribution in [0.1, 0.15) is 33.3 Å². The highest BCUT2D eigenvalue weighted by Crippen LogP contribution is 2.24. The molecule has 1 unspecified atom stereocenters. The standard InChI is InChI=1S/C13H17ClO3/c1-9(14)16-12(15)17-11-7-5-10(6-8-11)13(2,3)4/h5-9H,1-4H3. The van der Waals surface area contributed by atoms with Crippen molar-refractivity contribution >= 4 is 17.8 Å². The molecule has 1 aromatic rings. The second kappa shape index (κ2) is 5.41. The fourth-order valence-electron chi connectivity index (χ4n) is 1.28. The summed E-state index contributed by atoms with van der Waals surface area (Å²) in [6, 6.07) is 7.32. The molecule has 0 fully saturated rings. The average molecular weight is 257 g/mol. The summed E-state index contributed by atoms with van der Waals surface area (Å²) in [4.78, 5) is 11.2. The van der Waals surface area contributed by atoms with E-state index in [1.807, 2.05) is 12.1 Å². The van der Waals surface area contributed by atoms with Gasteiger partial charge in [0.1, 0.15) is 5.75 Å². The molecule has 94 valence electrons. The minimum atomic E-state index is -0.795. The van der Waals surface area contributed by atoms with E-state index in [1.165, 1.54) is 5.56 Å². The molecule has 0 aliphatic heterocycles. The molecule has 0 bridgehead atoms. The summed E-state index contributed by atoms with van der Waals surface area (Å²) in [5.41, 5.74) is 0.546. The van der Waals surface area contributed by atoms with Crippen molar-refractivity contribution in [2.45, 2.75) is 38.7 Å². The SMILES string of the molecule is CC(Cl)OC(=O)Oc1ccc(C(C)(C)C)cc1. The van der Waals surface area contributed by atoms with Gasteiger partial charge in [-0.15, -0.1) is 0 Å². The van der Waals surface area contributed by atoms with E-state index in [0.717, 1.165) is 0 Å². The first-order valence-corrected chi connectivity index (χ1v) is 5.86. The Hall–Kier alpha value is -1.22. The molecule has 0 aliphatic rings. The van der Waals surface area contributed by atoms with Gasteiger partial charge >= 0.3 is 6.16 Å². The Labute approximate surface area is 107 Å². The number of ether oxygens (including phenoxy) is 2. The smallest absolute Gasteiger partial charge is 0.415 e. The van der Waals surface area contributed by atoms with Gasteiger partial charge in [0.15, 0.2) is 5.56 Å². The molecule has 1 atom stereocenters. The van der Waals surface area contributed by atoms with Gasteiger partial charge in [-0.2, -0.15) is 0 Å². The second-order valence-electron chi connectivity index (χ2n) is 4.79. The van der Waals surface area contributed by atoms with Crippen molar-refractivity contribution in [2.75, 3.05) is 0 Å². The lowest BCUT2D eigenvalue weighted by molar-refractivity contribution is 0.0923. The molecule has 0 N–H and O–H groups in total. The molecule has 0 saturated carbocycles. The fourth-order valence-corrected chi connectivity index (χ4v) is 1.35. The van der Waals surface area contributed by atoms with Gasteiger partial charge in [-0.1, -0.05) is 44.5 Å². The minimum absolute atomic E-state index is 0.0731. The first-order valence-electron chi connectivity index (χ1n) is 5.42. The zero-order valence-corrected chi connectivity index (χ0v) is 11.2. The lowest BCUT2D eigenvalue weighted by Crippen LogP contribution is -2.14. The van der Waals surface area contributed by atoms with Gasteiger partial charge in [-0.05, 0) is 30.0 Å². The largest absolute Gasteiger partial charge is 0.515 e. The van der Waals surface area contributed by atoms with Gasteiger partial charge in [-0.25, -0.2) is 4.79 Å². The van der Waals surface area contributed by atoms with Crippen molar-refractivity contribution in [1.29, 1.82) is 0 Å². The van der Waals surface area contributed by atoms with Crippen LogP contribution in [-0.4, -0.2) is 11.7 Å². The molecule has 17 heavy (non-hydrogen) atoms. The molecule has 0 heterocycles. The van der Waals surface area contributed by atoms with Crippen LogP contribution in [0.4, 0.5) is 4.79 Å². The van der Waals surface area contributed by atoms with E-state index >= 15 is 0 Å². The molecule has 4 heteroatoms. The number of hydrogen-bond donors (Lipinski definition) is 0. The predicted octanol–water partition coefficient (Wildman–Crippen LogP) is 4.08. The van der Waals surface area contributed by atoms with E-state index in [-0.39, 0.29) is 5.41 Å². The number of benzene rings is 1. The molecule has 0 amide bonds. The van der Waals surface area contributed by atoms with Gasteiger partial charge in [-0.3, -0.25) is 0 Å². The van der Waals surface area contributed by atoms with Crippen molar-refractivity contribution in [2.24, 2.45) is 0 Å². The van der Waals surface area contributed by atoms with Gasteiger partial charge in [0, 0.05) is 0 Å². The Bertz CT molecular complexity index is 377. The summed E-state index contributed by atoms with van der Waals surface area (Å²) in [5.74, 6) is 0.445. The van der Waals surface area contributed by atoms with E-state index in [0.29, 0.717) is 5.75 Å². The van der Waals surface area contributed by atoms with Crippen molar-refractivity contribution < 1.29 is 14.3 Å². The molecule has 0 radical (unpaired) electrons. The highest BCUT2D eigenvalue weighted by Gasteiger charge is 2.14. The Kier molecular flexibility index (Phi) is 4.40. The number of rotatable bonds is 2. The van der Waals surface area contributed by atoms with Crippen LogP contribution in [0, 0.1) is 0 Å². The van der Waals surface area contributed by atoms with Crippen molar-refractivity contribution in [1.82, 2.24) is 0 Å². The summed E-state index contributed by atoms with van der Waals surface area (Å²) in [6.07, 6.45) is -0.795. The zero-order chi connectivity index (χ0) is 13.1. The normalized spacial score (nSPS) is 13.0. The zero-order valence-electron chi connectivity index (χ0n) is 10.5. The van der Waals surface area contributed by atoms with Crippen molar-refractivity contribution in [3.63, 3.8) is 0 Å². The number of alkyl halides is 1. The lowest BCUT2D eigenvalue weighted by Gasteiger charge is -2.18. The highest BCUT2D eigenvalue weighted by molar-refractivity contribution is 6.19. The van der Waals surface area contributed by atoms with E-state index in [2.05, 4.69) is 25.5 Å². The second-order valence-corrected chi connectivity index (χ2v) is 5.40. The van der Waals surface area contributed by atoms with E-state index in [4.69, 9.17) is 16.3 Å². The number of halogens is 1. The Morgan fingerprint density at radius 3 is 2.18 bits per heavy atom. The maximum atomic E-state index is 11.2. The van der Waals surface area contributed by atoms with Crippen LogP contribution in [-0.2, 0) is 10.2 Å². The van der Waals surface area contributed by atoms with Crippen LogP contribution in [0.15, 0.2) is 24.3 Å². The highest BCUT2D eigenvalue weighted by atomic mass is 35.5. The monoisotopic (exact) mass is 256 g/mol. The van der Waals surface area contributed by atoms with Crippen molar-refractivity contribution in [3.05, 3.63) is 29.8 Å². The number of carbonyl (C=O) groups excluding carboxylic acids is 1. The van der Waals surface area contributed by atoms with E-state index in [9.17, 15) is 4.79 Å². The van der Waals surface area contributed by atoms with Crippen LogP contribution in [0.2, 0.25) is 0 Å². The average Bonchev–Trinajstić information content (AvgIpc) is 2.15. The maximum absolute atomic E-state index is 11.2. The first-order chi connectivity index (χ1) is 7.79. The van der Waals surface area contributed by atoms with Crippen LogP contribution in [0.25, 0.3) is 0 Å². The topological polar surface area (TPSA) is 35.5 Å². The summed E-state index contributed by atoms with van der Waals surface area (Å²) in [6.45, 7) is 7.90.